The molecule has 1 fully saturated rings. The Balaban J connectivity index is 1.58. The quantitative estimate of drug-likeness (QED) is 0.671. The van der Waals surface area contributed by atoms with Gasteiger partial charge in [0.1, 0.15) is 11.6 Å². The number of aromatic nitrogens is 4. The Morgan fingerprint density at radius 1 is 1.13 bits per heavy atom. The molecule has 0 saturated carbocycles. The van der Waals surface area contributed by atoms with E-state index < -0.39 is 11.6 Å². The van der Waals surface area contributed by atoms with Crippen LogP contribution in [0.2, 0.25) is 0 Å². The van der Waals surface area contributed by atoms with Gasteiger partial charge in [0.05, 0.1) is 11.9 Å². The Labute approximate surface area is 181 Å². The molecule has 4 rings (SSSR count). The lowest BCUT2D eigenvalue weighted by atomic mass is 9.77. The molecule has 1 aliphatic heterocycles. The van der Waals surface area contributed by atoms with Gasteiger partial charge in [0, 0.05) is 48.1 Å². The van der Waals surface area contributed by atoms with E-state index in [9.17, 15) is 8.78 Å². The van der Waals surface area contributed by atoms with Gasteiger partial charge in [-0.25, -0.2) is 8.78 Å². The van der Waals surface area contributed by atoms with E-state index in [2.05, 4.69) is 58.0 Å². The average molecular weight is 427 g/mol. The number of benzene rings is 1. The van der Waals surface area contributed by atoms with Crippen LogP contribution in [0.3, 0.4) is 0 Å². The van der Waals surface area contributed by atoms with Crippen molar-refractivity contribution in [3.05, 3.63) is 48.3 Å². The molecule has 1 aliphatic rings. The molecule has 6 nitrogen and oxygen atoms in total. The number of H-pyrrole nitrogens is 1. The Hall–Kier alpha value is -2.87. The Morgan fingerprint density at radius 3 is 2.48 bits per heavy atom. The maximum absolute atomic E-state index is 14.8. The minimum Gasteiger partial charge on any atom is -0.355 e. The minimum absolute atomic E-state index is 0.0714. The van der Waals surface area contributed by atoms with E-state index in [1.54, 1.807) is 6.07 Å². The maximum Gasteiger partial charge on any atom is 0.151 e. The van der Waals surface area contributed by atoms with Gasteiger partial charge in [-0.05, 0) is 57.5 Å². The zero-order valence-electron chi connectivity index (χ0n) is 18.5. The van der Waals surface area contributed by atoms with Crippen molar-refractivity contribution < 1.29 is 8.78 Å². The number of aromatic amines is 1. The first-order valence-corrected chi connectivity index (χ1v) is 10.5. The van der Waals surface area contributed by atoms with Gasteiger partial charge in [-0.2, -0.15) is 5.10 Å². The lowest BCUT2D eigenvalue weighted by molar-refractivity contribution is 0.0391. The summed E-state index contributed by atoms with van der Waals surface area (Å²) in [7, 11) is 4.18. The third-order valence-corrected chi connectivity index (χ3v) is 7.09. The monoisotopic (exact) mass is 426 g/mol. The molecule has 1 saturated heterocycles. The third-order valence-electron chi connectivity index (χ3n) is 7.09. The van der Waals surface area contributed by atoms with Crippen molar-refractivity contribution in [2.24, 2.45) is 5.92 Å². The molecule has 2 atom stereocenters. The third kappa shape index (κ3) is 3.80. The molecule has 1 aromatic carbocycles. The van der Waals surface area contributed by atoms with Crippen molar-refractivity contribution >= 4 is 5.82 Å². The van der Waals surface area contributed by atoms with Crippen molar-refractivity contribution in [1.82, 2.24) is 25.3 Å². The van der Waals surface area contributed by atoms with Gasteiger partial charge in [0.15, 0.2) is 5.82 Å². The molecule has 0 amide bonds. The topological polar surface area (TPSA) is 60.9 Å². The molecule has 2 unspecified atom stereocenters. The normalized spacial score (nSPS) is 21.3. The fourth-order valence-corrected chi connectivity index (χ4v) is 4.40. The standard InChI is InChI=1S/C23H28F2N6/c1-14-21(8-9-30(4)23(14,2)3)31(5)22-7-6-20(28-29-22)17-11-18(24)16(10-19(17)25)15-12-26-27-13-15/h6-7,10-14,21H,8-9H2,1-5H3,(H,26,27). The van der Waals surface area contributed by atoms with E-state index in [-0.39, 0.29) is 16.7 Å². The highest BCUT2D eigenvalue weighted by Gasteiger charge is 2.41. The number of nitrogens with one attached hydrogen (secondary N) is 1. The summed E-state index contributed by atoms with van der Waals surface area (Å²) in [4.78, 5) is 4.54. The van der Waals surface area contributed by atoms with Gasteiger partial charge in [-0.3, -0.25) is 5.10 Å². The van der Waals surface area contributed by atoms with E-state index in [0.717, 1.165) is 24.8 Å². The smallest absolute Gasteiger partial charge is 0.151 e. The van der Waals surface area contributed by atoms with Crippen LogP contribution in [-0.4, -0.2) is 57.5 Å². The number of hydrogen-bond donors (Lipinski definition) is 1. The van der Waals surface area contributed by atoms with E-state index in [1.165, 1.54) is 18.5 Å². The van der Waals surface area contributed by atoms with Crippen LogP contribution in [0.1, 0.15) is 27.2 Å². The molecule has 0 radical (unpaired) electrons. The predicted molar refractivity (Wildman–Crippen MR) is 118 cm³/mol. The van der Waals surface area contributed by atoms with Crippen LogP contribution in [0.25, 0.3) is 22.4 Å². The number of hydrogen-bond acceptors (Lipinski definition) is 5. The molecular formula is C23H28F2N6. The van der Waals surface area contributed by atoms with Crippen LogP contribution in [0, 0.1) is 17.6 Å². The molecule has 3 heterocycles. The minimum atomic E-state index is -0.557. The van der Waals surface area contributed by atoms with Gasteiger partial charge in [0.2, 0.25) is 0 Å². The summed E-state index contributed by atoms with van der Waals surface area (Å²) in [5.41, 5.74) is 1.09. The second-order valence-corrected chi connectivity index (χ2v) is 8.91. The molecule has 8 heteroatoms. The van der Waals surface area contributed by atoms with Crippen molar-refractivity contribution in [3.8, 4) is 22.4 Å². The van der Waals surface area contributed by atoms with Crippen LogP contribution >= 0.6 is 0 Å². The Kier molecular flexibility index (Phi) is 5.51. The number of halogens is 2. The van der Waals surface area contributed by atoms with Crippen LogP contribution < -0.4 is 4.90 Å². The summed E-state index contributed by atoms with van der Waals surface area (Å²) in [5.74, 6) is 0.0402. The van der Waals surface area contributed by atoms with E-state index in [0.29, 0.717) is 23.2 Å². The second-order valence-electron chi connectivity index (χ2n) is 8.91. The summed E-state index contributed by atoms with van der Waals surface area (Å²) in [5, 5.41) is 14.9. The number of likely N-dealkylation sites (tertiary alicyclic amines) is 1. The fraction of sp³-hybridized carbons (Fsp3) is 0.435. The number of rotatable bonds is 4. The number of nitrogens with zero attached hydrogens (tertiary/aromatic N) is 5. The maximum atomic E-state index is 14.8. The largest absolute Gasteiger partial charge is 0.355 e. The molecular weight excluding hydrogens is 398 g/mol. The fourth-order valence-electron chi connectivity index (χ4n) is 4.40. The van der Waals surface area contributed by atoms with E-state index in [4.69, 9.17) is 0 Å². The summed E-state index contributed by atoms with van der Waals surface area (Å²) >= 11 is 0. The summed E-state index contributed by atoms with van der Waals surface area (Å²) in [6.45, 7) is 7.79. The van der Waals surface area contributed by atoms with Crippen molar-refractivity contribution in [2.45, 2.75) is 38.8 Å². The zero-order valence-corrected chi connectivity index (χ0v) is 18.5. The highest BCUT2D eigenvalue weighted by molar-refractivity contribution is 5.69. The second kappa shape index (κ2) is 8.00. The van der Waals surface area contributed by atoms with Crippen molar-refractivity contribution in [1.29, 1.82) is 0 Å². The summed E-state index contributed by atoms with van der Waals surface area (Å²) < 4.78 is 29.4. The van der Waals surface area contributed by atoms with Gasteiger partial charge < -0.3 is 9.80 Å². The molecule has 0 bridgehead atoms. The van der Waals surface area contributed by atoms with Gasteiger partial charge in [-0.1, -0.05) is 6.92 Å². The molecule has 0 spiro atoms. The van der Waals surface area contributed by atoms with Gasteiger partial charge >= 0.3 is 0 Å². The molecule has 164 valence electrons. The van der Waals surface area contributed by atoms with Crippen LogP contribution in [-0.2, 0) is 0 Å². The lowest BCUT2D eigenvalue weighted by Crippen LogP contribution is -2.59. The van der Waals surface area contributed by atoms with Gasteiger partial charge in [-0.15, -0.1) is 10.2 Å². The number of anilines is 1. The molecule has 0 aliphatic carbocycles. The number of piperidine rings is 1. The molecule has 3 aromatic rings. The van der Waals surface area contributed by atoms with E-state index >= 15 is 0 Å². The Morgan fingerprint density at radius 2 is 1.84 bits per heavy atom. The first-order valence-electron chi connectivity index (χ1n) is 10.5. The van der Waals surface area contributed by atoms with Crippen LogP contribution in [0.15, 0.2) is 36.7 Å². The summed E-state index contributed by atoms with van der Waals surface area (Å²) in [6.07, 6.45) is 4.00. The Bertz CT molecular complexity index is 1050. The zero-order chi connectivity index (χ0) is 22.3. The first kappa shape index (κ1) is 21.4. The van der Waals surface area contributed by atoms with Crippen LogP contribution in [0.5, 0.6) is 0 Å². The molecule has 1 N–H and O–H groups in total. The van der Waals surface area contributed by atoms with Crippen molar-refractivity contribution in [2.75, 3.05) is 25.5 Å². The molecule has 31 heavy (non-hydrogen) atoms. The highest BCUT2D eigenvalue weighted by atomic mass is 19.1. The van der Waals surface area contributed by atoms with Gasteiger partial charge in [0.25, 0.3) is 0 Å². The first-order chi connectivity index (χ1) is 14.7. The van der Waals surface area contributed by atoms with Crippen molar-refractivity contribution in [3.63, 3.8) is 0 Å². The summed E-state index contributed by atoms with van der Waals surface area (Å²) in [6, 6.07) is 6.15. The predicted octanol–water partition coefficient (Wildman–Crippen LogP) is 4.37. The average Bonchev–Trinajstić information content (AvgIpc) is 3.28. The molecule has 2 aromatic heterocycles. The SMILES string of the molecule is CC1C(N(C)c2ccc(-c3cc(F)c(-c4cn[nH]c4)cc3F)nn2)CCN(C)C1(C)C. The highest BCUT2D eigenvalue weighted by Crippen LogP contribution is 2.36. The van der Waals surface area contributed by atoms with Crippen LogP contribution in [0.4, 0.5) is 14.6 Å². The lowest BCUT2D eigenvalue weighted by Gasteiger charge is -2.51. The van der Waals surface area contributed by atoms with E-state index in [1.807, 2.05) is 13.1 Å².